The average Bonchev–Trinajstić information content (AvgIpc) is 2.68. The summed E-state index contributed by atoms with van der Waals surface area (Å²) in [5, 5.41) is 2.80. The normalized spacial score (nSPS) is 22.0. The molecule has 2 atom stereocenters. The fraction of sp³-hybridized carbons (Fsp3) is 0.389. The van der Waals surface area contributed by atoms with Crippen LogP contribution in [0.5, 0.6) is 11.5 Å². The van der Waals surface area contributed by atoms with Crippen molar-refractivity contribution < 1.29 is 19.0 Å². The van der Waals surface area contributed by atoms with Crippen LogP contribution in [-0.4, -0.2) is 54.4 Å². The summed E-state index contributed by atoms with van der Waals surface area (Å²) < 4.78 is 16.9. The molecule has 136 valence electrons. The summed E-state index contributed by atoms with van der Waals surface area (Å²) in [4.78, 5) is 23.2. The van der Waals surface area contributed by atoms with E-state index in [0.717, 1.165) is 18.9 Å². The maximum absolute atomic E-state index is 12.7. The van der Waals surface area contributed by atoms with Crippen molar-refractivity contribution in [1.82, 2.24) is 9.97 Å². The van der Waals surface area contributed by atoms with Gasteiger partial charge < -0.3 is 24.4 Å². The molecule has 1 aromatic carbocycles. The SMILES string of the molecule is CC1Oc2ccccc2OC1C(=O)Nc1cc(N2CCOCC2)ncn1. The highest BCUT2D eigenvalue weighted by molar-refractivity contribution is 5.94. The highest BCUT2D eigenvalue weighted by Gasteiger charge is 2.34. The van der Waals surface area contributed by atoms with Crippen molar-refractivity contribution in [3.8, 4) is 11.5 Å². The van der Waals surface area contributed by atoms with Crippen LogP contribution in [0, 0.1) is 0 Å². The summed E-state index contributed by atoms with van der Waals surface area (Å²) in [6, 6.07) is 9.06. The second-order valence-corrected chi connectivity index (χ2v) is 6.16. The highest BCUT2D eigenvalue weighted by Crippen LogP contribution is 2.33. The molecular weight excluding hydrogens is 336 g/mol. The molecule has 2 aliphatic heterocycles. The molecule has 2 unspecified atom stereocenters. The first-order chi connectivity index (χ1) is 12.7. The van der Waals surface area contributed by atoms with E-state index < -0.39 is 12.2 Å². The van der Waals surface area contributed by atoms with Crippen molar-refractivity contribution in [2.75, 3.05) is 36.5 Å². The smallest absolute Gasteiger partial charge is 0.270 e. The number of fused-ring (bicyclic) bond motifs is 1. The van der Waals surface area contributed by atoms with E-state index in [-0.39, 0.29) is 5.91 Å². The molecule has 1 amide bonds. The number of morpholine rings is 1. The number of rotatable bonds is 3. The lowest BCUT2D eigenvalue weighted by atomic mass is 10.1. The van der Waals surface area contributed by atoms with E-state index >= 15 is 0 Å². The Morgan fingerprint density at radius 2 is 1.88 bits per heavy atom. The quantitative estimate of drug-likeness (QED) is 0.891. The Kier molecular flexibility index (Phi) is 4.57. The molecule has 0 radical (unpaired) electrons. The Morgan fingerprint density at radius 3 is 2.65 bits per heavy atom. The number of carbonyl (C=O) groups excluding carboxylic acids is 1. The molecule has 4 rings (SSSR count). The Hall–Kier alpha value is -2.87. The number of amides is 1. The van der Waals surface area contributed by atoms with Crippen LogP contribution in [0.25, 0.3) is 0 Å². The van der Waals surface area contributed by atoms with Crippen molar-refractivity contribution >= 4 is 17.5 Å². The van der Waals surface area contributed by atoms with E-state index in [1.165, 1.54) is 6.33 Å². The Morgan fingerprint density at radius 1 is 1.15 bits per heavy atom. The number of carbonyl (C=O) groups is 1. The molecule has 3 heterocycles. The third kappa shape index (κ3) is 3.41. The standard InChI is InChI=1S/C18H20N4O4/c1-12-17(26-14-5-3-2-4-13(14)25-12)18(23)21-15-10-16(20-11-19-15)22-6-8-24-9-7-22/h2-5,10-12,17H,6-9H2,1H3,(H,19,20,21,23). The predicted octanol–water partition coefficient (Wildman–Crippen LogP) is 1.48. The minimum absolute atomic E-state index is 0.307. The molecule has 2 aliphatic rings. The van der Waals surface area contributed by atoms with E-state index in [4.69, 9.17) is 14.2 Å². The van der Waals surface area contributed by atoms with Crippen molar-refractivity contribution in [1.29, 1.82) is 0 Å². The van der Waals surface area contributed by atoms with Gasteiger partial charge in [-0.05, 0) is 19.1 Å². The molecular formula is C18H20N4O4. The number of hydrogen-bond donors (Lipinski definition) is 1. The van der Waals surface area contributed by atoms with Crippen LogP contribution in [0.3, 0.4) is 0 Å². The predicted molar refractivity (Wildman–Crippen MR) is 94.6 cm³/mol. The molecule has 2 aromatic rings. The molecule has 26 heavy (non-hydrogen) atoms. The minimum Gasteiger partial charge on any atom is -0.482 e. The second-order valence-electron chi connectivity index (χ2n) is 6.16. The summed E-state index contributed by atoms with van der Waals surface area (Å²) in [7, 11) is 0. The third-order valence-corrected chi connectivity index (χ3v) is 4.34. The summed E-state index contributed by atoms with van der Waals surface area (Å²) >= 11 is 0. The zero-order valence-corrected chi connectivity index (χ0v) is 14.4. The first-order valence-electron chi connectivity index (χ1n) is 8.58. The number of nitrogens with one attached hydrogen (secondary N) is 1. The van der Waals surface area contributed by atoms with Gasteiger partial charge in [0.1, 0.15) is 24.1 Å². The van der Waals surface area contributed by atoms with Crippen LogP contribution in [-0.2, 0) is 9.53 Å². The van der Waals surface area contributed by atoms with E-state index in [2.05, 4.69) is 20.2 Å². The van der Waals surface area contributed by atoms with E-state index in [1.54, 1.807) is 19.1 Å². The molecule has 0 spiro atoms. The van der Waals surface area contributed by atoms with Crippen LogP contribution in [0.4, 0.5) is 11.6 Å². The van der Waals surface area contributed by atoms with Crippen molar-refractivity contribution in [2.24, 2.45) is 0 Å². The number of para-hydroxylation sites is 2. The van der Waals surface area contributed by atoms with Crippen molar-refractivity contribution in [3.05, 3.63) is 36.7 Å². The molecule has 8 nitrogen and oxygen atoms in total. The first kappa shape index (κ1) is 16.6. The van der Waals surface area contributed by atoms with Crippen LogP contribution in [0.2, 0.25) is 0 Å². The maximum Gasteiger partial charge on any atom is 0.270 e. The summed E-state index contributed by atoms with van der Waals surface area (Å²) in [6.07, 6.45) is 0.273. The van der Waals surface area contributed by atoms with Gasteiger partial charge in [-0.15, -0.1) is 0 Å². The lowest BCUT2D eigenvalue weighted by molar-refractivity contribution is -0.128. The number of benzene rings is 1. The van der Waals surface area contributed by atoms with Crippen LogP contribution < -0.4 is 19.7 Å². The van der Waals surface area contributed by atoms with Gasteiger partial charge in [0.05, 0.1) is 13.2 Å². The summed E-state index contributed by atoms with van der Waals surface area (Å²) in [6.45, 7) is 4.65. The van der Waals surface area contributed by atoms with Gasteiger partial charge in [0.25, 0.3) is 5.91 Å². The van der Waals surface area contributed by atoms with E-state index in [0.29, 0.717) is 30.5 Å². The third-order valence-electron chi connectivity index (χ3n) is 4.34. The number of ether oxygens (including phenoxy) is 3. The zero-order valence-electron chi connectivity index (χ0n) is 14.4. The monoisotopic (exact) mass is 356 g/mol. The summed E-state index contributed by atoms with van der Waals surface area (Å²) in [5.74, 6) is 2.08. The van der Waals surface area contributed by atoms with E-state index in [1.807, 2.05) is 18.2 Å². The summed E-state index contributed by atoms with van der Waals surface area (Å²) in [5.41, 5.74) is 0. The molecule has 8 heteroatoms. The lowest BCUT2D eigenvalue weighted by Crippen LogP contribution is -2.46. The largest absolute Gasteiger partial charge is 0.482 e. The molecule has 1 aromatic heterocycles. The number of anilines is 2. The van der Waals surface area contributed by atoms with Crippen LogP contribution >= 0.6 is 0 Å². The number of hydrogen-bond acceptors (Lipinski definition) is 7. The van der Waals surface area contributed by atoms with Gasteiger partial charge in [0, 0.05) is 19.2 Å². The van der Waals surface area contributed by atoms with Gasteiger partial charge in [-0.3, -0.25) is 4.79 Å². The number of nitrogens with zero attached hydrogens (tertiary/aromatic N) is 3. The van der Waals surface area contributed by atoms with Gasteiger partial charge in [0.2, 0.25) is 6.10 Å². The fourth-order valence-corrected chi connectivity index (χ4v) is 2.98. The topological polar surface area (TPSA) is 85.8 Å². The van der Waals surface area contributed by atoms with Gasteiger partial charge in [-0.2, -0.15) is 0 Å². The van der Waals surface area contributed by atoms with Gasteiger partial charge in [0.15, 0.2) is 11.5 Å². The molecule has 1 fully saturated rings. The number of aromatic nitrogens is 2. The minimum atomic E-state index is -0.758. The zero-order chi connectivity index (χ0) is 17.9. The van der Waals surface area contributed by atoms with Gasteiger partial charge >= 0.3 is 0 Å². The van der Waals surface area contributed by atoms with Crippen molar-refractivity contribution in [3.63, 3.8) is 0 Å². The van der Waals surface area contributed by atoms with Gasteiger partial charge in [-0.1, -0.05) is 12.1 Å². The molecule has 1 saturated heterocycles. The lowest BCUT2D eigenvalue weighted by Gasteiger charge is -2.31. The molecule has 1 N–H and O–H groups in total. The fourth-order valence-electron chi connectivity index (χ4n) is 2.98. The Bertz CT molecular complexity index is 794. The Balaban J connectivity index is 1.46. The molecule has 0 bridgehead atoms. The van der Waals surface area contributed by atoms with Crippen LogP contribution in [0.1, 0.15) is 6.92 Å². The first-order valence-corrected chi connectivity index (χ1v) is 8.58. The second kappa shape index (κ2) is 7.17. The van der Waals surface area contributed by atoms with E-state index in [9.17, 15) is 4.79 Å². The van der Waals surface area contributed by atoms with Gasteiger partial charge in [-0.25, -0.2) is 9.97 Å². The Labute approximate surface area is 151 Å². The molecule has 0 saturated carbocycles. The molecule has 0 aliphatic carbocycles. The van der Waals surface area contributed by atoms with Crippen LogP contribution in [0.15, 0.2) is 36.7 Å². The maximum atomic E-state index is 12.7. The highest BCUT2D eigenvalue weighted by atomic mass is 16.6. The average molecular weight is 356 g/mol. The van der Waals surface area contributed by atoms with Crippen molar-refractivity contribution in [2.45, 2.75) is 19.1 Å².